The summed E-state index contributed by atoms with van der Waals surface area (Å²) in [4.78, 5) is 21.9. The summed E-state index contributed by atoms with van der Waals surface area (Å²) in [7, 11) is 0. The van der Waals surface area contributed by atoms with Gasteiger partial charge >= 0.3 is 5.97 Å². The van der Waals surface area contributed by atoms with E-state index in [9.17, 15) is 9.59 Å². The van der Waals surface area contributed by atoms with Crippen LogP contribution in [-0.2, 0) is 15.3 Å². The van der Waals surface area contributed by atoms with Crippen LogP contribution in [0.4, 0.5) is 0 Å². The number of rotatable bonds is 6. The van der Waals surface area contributed by atoms with Gasteiger partial charge < -0.3 is 10.4 Å². The van der Waals surface area contributed by atoms with Crippen LogP contribution in [0.25, 0.3) is 0 Å². The van der Waals surface area contributed by atoms with Crippen LogP contribution in [0.15, 0.2) is 24.3 Å². The van der Waals surface area contributed by atoms with Gasteiger partial charge in [0.2, 0.25) is 5.91 Å². The second-order valence-corrected chi connectivity index (χ2v) is 5.17. The van der Waals surface area contributed by atoms with Gasteiger partial charge in [0.05, 0.1) is 5.75 Å². The quantitative estimate of drug-likeness (QED) is 0.841. The highest BCUT2D eigenvalue weighted by atomic mass is 35.5. The molecule has 1 atom stereocenters. The number of aliphatic carboxylic acids is 1. The number of nitrogens with one attached hydrogen (secondary N) is 1. The normalized spacial score (nSPS) is 11.9. The average molecular weight is 288 g/mol. The molecule has 0 unspecified atom stereocenters. The van der Waals surface area contributed by atoms with E-state index in [2.05, 4.69) is 5.32 Å². The summed E-state index contributed by atoms with van der Waals surface area (Å²) in [6.45, 7) is 1.43. The van der Waals surface area contributed by atoms with E-state index in [-0.39, 0.29) is 11.7 Å². The maximum absolute atomic E-state index is 11.4. The number of hydrogen-bond acceptors (Lipinski definition) is 3. The molecule has 0 spiro atoms. The van der Waals surface area contributed by atoms with Gasteiger partial charge in [-0.1, -0.05) is 23.7 Å². The van der Waals surface area contributed by atoms with E-state index in [1.165, 1.54) is 18.7 Å². The van der Waals surface area contributed by atoms with Crippen molar-refractivity contribution in [3.8, 4) is 0 Å². The summed E-state index contributed by atoms with van der Waals surface area (Å²) in [5, 5.41) is 11.7. The maximum Gasteiger partial charge on any atom is 0.325 e. The van der Waals surface area contributed by atoms with Crippen LogP contribution >= 0.6 is 23.4 Å². The Morgan fingerprint density at radius 3 is 2.56 bits per heavy atom. The molecule has 0 fully saturated rings. The molecule has 0 radical (unpaired) electrons. The van der Waals surface area contributed by atoms with Gasteiger partial charge in [-0.15, -0.1) is 11.8 Å². The maximum atomic E-state index is 11.4. The molecule has 0 aliphatic heterocycles. The summed E-state index contributed by atoms with van der Waals surface area (Å²) < 4.78 is 0. The first-order valence-corrected chi connectivity index (χ1v) is 6.86. The molecule has 4 nitrogen and oxygen atoms in total. The Kier molecular flexibility index (Phi) is 6.01. The monoisotopic (exact) mass is 287 g/mol. The van der Waals surface area contributed by atoms with Gasteiger partial charge in [0.1, 0.15) is 6.04 Å². The summed E-state index contributed by atoms with van der Waals surface area (Å²) >= 11 is 7.18. The van der Waals surface area contributed by atoms with Crippen molar-refractivity contribution < 1.29 is 14.7 Å². The van der Waals surface area contributed by atoms with E-state index in [4.69, 9.17) is 16.7 Å². The van der Waals surface area contributed by atoms with Crippen molar-refractivity contribution >= 4 is 35.2 Å². The Morgan fingerprint density at radius 1 is 1.39 bits per heavy atom. The predicted molar refractivity (Wildman–Crippen MR) is 72.9 cm³/mol. The number of carboxylic acid groups (broad SMARTS) is 1. The number of benzene rings is 1. The lowest BCUT2D eigenvalue weighted by atomic mass is 10.2. The molecule has 1 rings (SSSR count). The number of carbonyl (C=O) groups is 2. The Hall–Kier alpha value is -1.20. The summed E-state index contributed by atoms with van der Waals surface area (Å²) in [5.74, 6) is -0.387. The molecule has 2 N–H and O–H groups in total. The molecule has 0 aliphatic carbocycles. The van der Waals surface area contributed by atoms with Crippen LogP contribution in [0, 0.1) is 0 Å². The van der Waals surface area contributed by atoms with Gasteiger partial charge in [0.15, 0.2) is 0 Å². The van der Waals surface area contributed by atoms with Crippen molar-refractivity contribution in [2.24, 2.45) is 0 Å². The van der Waals surface area contributed by atoms with Gasteiger partial charge in [-0.05, 0) is 24.6 Å². The second kappa shape index (κ2) is 7.28. The van der Waals surface area contributed by atoms with E-state index in [1.807, 2.05) is 12.1 Å². The number of thioether (sulfide) groups is 1. The highest BCUT2D eigenvalue weighted by Gasteiger charge is 2.13. The largest absolute Gasteiger partial charge is 0.480 e. The molecule has 0 saturated heterocycles. The molecular weight excluding hydrogens is 274 g/mol. The van der Waals surface area contributed by atoms with Gasteiger partial charge in [-0.3, -0.25) is 9.59 Å². The molecule has 0 aliphatic rings. The topological polar surface area (TPSA) is 66.4 Å². The van der Waals surface area contributed by atoms with E-state index >= 15 is 0 Å². The highest BCUT2D eigenvalue weighted by Crippen LogP contribution is 2.15. The van der Waals surface area contributed by atoms with Crippen molar-refractivity contribution in [2.45, 2.75) is 18.7 Å². The van der Waals surface area contributed by atoms with Crippen LogP contribution in [0.2, 0.25) is 5.02 Å². The molecular formula is C12H14ClNO3S. The Balaban J connectivity index is 2.27. The minimum atomic E-state index is -1.04. The van der Waals surface area contributed by atoms with Crippen LogP contribution in [0.3, 0.4) is 0 Å². The van der Waals surface area contributed by atoms with Crippen molar-refractivity contribution in [1.29, 1.82) is 0 Å². The number of amides is 1. The van der Waals surface area contributed by atoms with E-state index in [0.717, 1.165) is 5.56 Å². The predicted octanol–water partition coefficient (Wildman–Crippen LogP) is 2.16. The van der Waals surface area contributed by atoms with Crippen molar-refractivity contribution in [2.75, 3.05) is 5.75 Å². The minimum Gasteiger partial charge on any atom is -0.480 e. The van der Waals surface area contributed by atoms with Crippen LogP contribution < -0.4 is 5.32 Å². The molecule has 0 aromatic heterocycles. The van der Waals surface area contributed by atoms with Crippen molar-refractivity contribution in [3.05, 3.63) is 34.9 Å². The Morgan fingerprint density at radius 2 is 2.00 bits per heavy atom. The lowest BCUT2D eigenvalue weighted by molar-refractivity contribution is -0.140. The zero-order valence-corrected chi connectivity index (χ0v) is 11.4. The van der Waals surface area contributed by atoms with E-state index in [1.54, 1.807) is 12.1 Å². The standard InChI is InChI=1S/C12H14ClNO3S/c1-8(12(16)17)14-11(15)7-18-6-9-2-4-10(13)5-3-9/h2-5,8H,6-7H2,1H3,(H,14,15)(H,16,17)/t8-/m0/s1. The first-order chi connectivity index (χ1) is 8.49. The zero-order chi connectivity index (χ0) is 13.5. The summed E-state index contributed by atoms with van der Waals surface area (Å²) in [5.41, 5.74) is 1.07. The van der Waals surface area contributed by atoms with Gasteiger partial charge in [0.25, 0.3) is 0 Å². The summed E-state index contributed by atoms with van der Waals surface area (Å²) in [6, 6.07) is 6.53. The van der Waals surface area contributed by atoms with Crippen LogP contribution in [0.1, 0.15) is 12.5 Å². The smallest absolute Gasteiger partial charge is 0.325 e. The fourth-order valence-corrected chi connectivity index (χ4v) is 2.11. The Bertz CT molecular complexity index is 422. The van der Waals surface area contributed by atoms with Crippen LogP contribution in [0.5, 0.6) is 0 Å². The van der Waals surface area contributed by atoms with E-state index < -0.39 is 12.0 Å². The molecule has 0 bridgehead atoms. The molecule has 98 valence electrons. The molecule has 1 aromatic carbocycles. The lowest BCUT2D eigenvalue weighted by Gasteiger charge is -2.08. The molecule has 1 amide bonds. The number of carboxylic acids is 1. The molecule has 0 saturated carbocycles. The minimum absolute atomic E-state index is 0.236. The number of carbonyl (C=O) groups excluding carboxylic acids is 1. The number of halogens is 1. The third kappa shape index (κ3) is 5.42. The molecule has 18 heavy (non-hydrogen) atoms. The first kappa shape index (κ1) is 14.9. The average Bonchev–Trinajstić information content (AvgIpc) is 2.31. The van der Waals surface area contributed by atoms with Crippen molar-refractivity contribution in [3.63, 3.8) is 0 Å². The fraction of sp³-hybridized carbons (Fsp3) is 0.333. The SMILES string of the molecule is C[C@H](NC(=O)CSCc1ccc(Cl)cc1)C(=O)O. The van der Waals surface area contributed by atoms with Gasteiger partial charge in [-0.25, -0.2) is 0 Å². The van der Waals surface area contributed by atoms with Crippen LogP contribution in [-0.4, -0.2) is 28.8 Å². The number of hydrogen-bond donors (Lipinski definition) is 2. The third-order valence-corrected chi connectivity index (χ3v) is 3.42. The molecule has 0 heterocycles. The highest BCUT2D eigenvalue weighted by molar-refractivity contribution is 7.99. The molecule has 1 aromatic rings. The lowest BCUT2D eigenvalue weighted by Crippen LogP contribution is -2.39. The Labute approximate surface area is 115 Å². The third-order valence-electron chi connectivity index (χ3n) is 2.16. The fourth-order valence-electron chi connectivity index (χ4n) is 1.19. The summed E-state index contributed by atoms with van der Waals surface area (Å²) in [6.07, 6.45) is 0. The van der Waals surface area contributed by atoms with E-state index in [0.29, 0.717) is 10.8 Å². The van der Waals surface area contributed by atoms with Crippen molar-refractivity contribution in [1.82, 2.24) is 5.32 Å². The van der Waals surface area contributed by atoms with Gasteiger partial charge in [0, 0.05) is 10.8 Å². The second-order valence-electron chi connectivity index (χ2n) is 3.75. The van der Waals surface area contributed by atoms with Gasteiger partial charge in [-0.2, -0.15) is 0 Å². The molecule has 6 heteroatoms. The zero-order valence-electron chi connectivity index (χ0n) is 9.85. The first-order valence-electron chi connectivity index (χ1n) is 5.33.